The van der Waals surface area contributed by atoms with Crippen LogP contribution < -0.4 is 0 Å². The maximum atomic E-state index is 14.1. The SMILES string of the molecule is C[C@@]12CCCc3coc(c31)C(=O)c1cc3c(cc12)C(=O)C=C(C1=CC(=O)c2cc4c(cc2C1=O)C(=O)c1occ2c1[C@@]4(C)CCC2)C3=O. The van der Waals surface area contributed by atoms with Crippen LogP contribution in [-0.2, 0) is 23.7 Å². The van der Waals surface area contributed by atoms with E-state index in [-0.39, 0.29) is 56.5 Å². The van der Waals surface area contributed by atoms with E-state index in [1.54, 1.807) is 24.7 Å². The first-order valence-corrected chi connectivity index (χ1v) is 16.3. The van der Waals surface area contributed by atoms with Crippen molar-refractivity contribution in [1.29, 1.82) is 0 Å². The first-order valence-electron chi connectivity index (χ1n) is 16.3. The van der Waals surface area contributed by atoms with Gasteiger partial charge in [-0.1, -0.05) is 13.8 Å². The van der Waals surface area contributed by atoms with Gasteiger partial charge >= 0.3 is 0 Å². The summed E-state index contributed by atoms with van der Waals surface area (Å²) in [5, 5.41) is 0. The second-order valence-corrected chi connectivity index (χ2v) is 14.3. The van der Waals surface area contributed by atoms with E-state index in [2.05, 4.69) is 0 Å². The van der Waals surface area contributed by atoms with Crippen molar-refractivity contribution in [3.05, 3.63) is 138 Å². The van der Waals surface area contributed by atoms with Gasteiger partial charge in [0.25, 0.3) is 0 Å². The molecule has 0 saturated carbocycles. The molecule has 6 aliphatic carbocycles. The van der Waals surface area contributed by atoms with Crippen LogP contribution in [0.15, 0.2) is 68.9 Å². The van der Waals surface area contributed by atoms with Gasteiger partial charge in [-0.15, -0.1) is 0 Å². The number of hydrogen-bond acceptors (Lipinski definition) is 8. The highest BCUT2D eigenvalue weighted by atomic mass is 16.3. The fourth-order valence-corrected chi connectivity index (χ4v) is 9.51. The molecule has 0 fully saturated rings. The highest BCUT2D eigenvalue weighted by molar-refractivity contribution is 6.35. The van der Waals surface area contributed by atoms with Gasteiger partial charge in [-0.3, -0.25) is 28.8 Å². The first-order chi connectivity index (χ1) is 23.0. The van der Waals surface area contributed by atoms with Crippen LogP contribution in [0, 0.1) is 0 Å². The summed E-state index contributed by atoms with van der Waals surface area (Å²) in [4.78, 5) is 83.1. The molecule has 2 heterocycles. The molecule has 0 N–H and O–H groups in total. The smallest absolute Gasteiger partial charge is 0.228 e. The zero-order valence-corrected chi connectivity index (χ0v) is 26.1. The lowest BCUT2D eigenvalue weighted by atomic mass is 9.62. The molecule has 0 unspecified atom stereocenters. The predicted molar refractivity (Wildman–Crippen MR) is 169 cm³/mol. The summed E-state index contributed by atoms with van der Waals surface area (Å²) in [6, 6.07) is 6.20. The van der Waals surface area contributed by atoms with Crippen molar-refractivity contribution < 1.29 is 37.6 Å². The van der Waals surface area contributed by atoms with Crippen molar-refractivity contribution >= 4 is 34.7 Å². The molecular formula is C40H26O8. The van der Waals surface area contributed by atoms with Crippen molar-refractivity contribution in [3.63, 3.8) is 0 Å². The van der Waals surface area contributed by atoms with Gasteiger partial charge in [-0.05, 0) is 97.2 Å². The van der Waals surface area contributed by atoms with Crippen LogP contribution in [-0.4, -0.2) is 34.7 Å². The largest absolute Gasteiger partial charge is 0.460 e. The van der Waals surface area contributed by atoms with Crippen molar-refractivity contribution in [2.75, 3.05) is 0 Å². The van der Waals surface area contributed by atoms with Gasteiger partial charge in [0, 0.05) is 66.5 Å². The highest BCUT2D eigenvalue weighted by Gasteiger charge is 2.49. The van der Waals surface area contributed by atoms with E-state index in [0.29, 0.717) is 22.3 Å². The number of ketones is 6. The molecular weight excluding hydrogens is 608 g/mol. The maximum Gasteiger partial charge on any atom is 0.228 e. The third kappa shape index (κ3) is 3.11. The van der Waals surface area contributed by atoms with E-state index >= 15 is 0 Å². The summed E-state index contributed by atoms with van der Waals surface area (Å²) in [5.41, 5.74) is 4.40. The van der Waals surface area contributed by atoms with Gasteiger partial charge in [0.2, 0.25) is 11.6 Å². The number of Topliss-reactive ketones (excluding diaryl/α,β-unsaturated/α-hetero) is 2. The number of benzene rings is 2. The minimum atomic E-state index is -0.632. The van der Waals surface area contributed by atoms with E-state index < -0.39 is 34.0 Å². The van der Waals surface area contributed by atoms with E-state index in [0.717, 1.165) is 72.9 Å². The summed E-state index contributed by atoms with van der Waals surface area (Å²) in [5.74, 6) is -2.44. The number of aryl methyl sites for hydroxylation is 2. The quantitative estimate of drug-likeness (QED) is 0.230. The van der Waals surface area contributed by atoms with Gasteiger partial charge in [0.15, 0.2) is 34.7 Å². The zero-order valence-electron chi connectivity index (χ0n) is 26.1. The van der Waals surface area contributed by atoms with Crippen LogP contribution in [0.1, 0.15) is 147 Å². The minimum Gasteiger partial charge on any atom is -0.460 e. The number of furan rings is 2. The van der Waals surface area contributed by atoms with Gasteiger partial charge < -0.3 is 8.83 Å². The molecule has 0 aliphatic heterocycles. The maximum absolute atomic E-state index is 14.1. The second kappa shape index (κ2) is 8.69. The molecule has 2 atom stereocenters. The number of allylic oxidation sites excluding steroid dienone is 4. The lowest BCUT2D eigenvalue weighted by Crippen LogP contribution is -2.37. The third-order valence-corrected chi connectivity index (χ3v) is 11.8. The summed E-state index contributed by atoms with van der Waals surface area (Å²) >= 11 is 0. The molecule has 234 valence electrons. The van der Waals surface area contributed by atoms with Crippen LogP contribution in [0.4, 0.5) is 0 Å². The highest BCUT2D eigenvalue weighted by Crippen LogP contribution is 2.52. The average molecular weight is 635 g/mol. The Hall–Kier alpha value is -5.50. The number of rotatable bonds is 1. The van der Waals surface area contributed by atoms with Crippen LogP contribution >= 0.6 is 0 Å². The number of fused-ring (bicyclic) bond motifs is 6. The van der Waals surface area contributed by atoms with E-state index in [1.807, 2.05) is 13.8 Å². The molecule has 4 aromatic rings. The first kappa shape index (κ1) is 27.6. The van der Waals surface area contributed by atoms with Gasteiger partial charge in [0.05, 0.1) is 12.5 Å². The summed E-state index contributed by atoms with van der Waals surface area (Å²) in [6.45, 7) is 4.08. The average Bonchev–Trinajstić information content (AvgIpc) is 3.73. The molecule has 6 aliphatic rings. The third-order valence-electron chi connectivity index (χ3n) is 11.8. The molecule has 2 aromatic heterocycles. The van der Waals surface area contributed by atoms with E-state index in [9.17, 15) is 28.8 Å². The van der Waals surface area contributed by atoms with Crippen molar-refractivity contribution in [2.45, 2.75) is 63.2 Å². The van der Waals surface area contributed by atoms with Crippen molar-refractivity contribution in [3.8, 4) is 0 Å². The van der Waals surface area contributed by atoms with Crippen LogP contribution in [0.25, 0.3) is 0 Å². The van der Waals surface area contributed by atoms with Gasteiger partial charge in [-0.25, -0.2) is 0 Å². The molecule has 2 aromatic carbocycles. The zero-order chi connectivity index (χ0) is 33.0. The molecule has 48 heavy (non-hydrogen) atoms. The Bertz CT molecular complexity index is 2270. The Morgan fingerprint density at radius 1 is 0.521 bits per heavy atom. The Labute approximate surface area is 273 Å². The van der Waals surface area contributed by atoms with Crippen LogP contribution in [0.3, 0.4) is 0 Å². The Morgan fingerprint density at radius 2 is 0.938 bits per heavy atom. The molecule has 8 heteroatoms. The summed E-state index contributed by atoms with van der Waals surface area (Å²) in [7, 11) is 0. The number of carbonyl (C=O) groups excluding carboxylic acids is 6. The Balaban J connectivity index is 1.08. The predicted octanol–water partition coefficient (Wildman–Crippen LogP) is 6.56. The molecule has 0 saturated heterocycles. The van der Waals surface area contributed by atoms with E-state index in [4.69, 9.17) is 8.83 Å². The molecule has 0 spiro atoms. The molecule has 10 rings (SSSR count). The van der Waals surface area contributed by atoms with Gasteiger partial charge in [0.1, 0.15) is 0 Å². The summed E-state index contributed by atoms with van der Waals surface area (Å²) in [6.07, 6.45) is 10.4. The van der Waals surface area contributed by atoms with Crippen molar-refractivity contribution in [2.24, 2.45) is 0 Å². The summed E-state index contributed by atoms with van der Waals surface area (Å²) < 4.78 is 11.5. The van der Waals surface area contributed by atoms with Crippen LogP contribution in [0.5, 0.6) is 0 Å². The lowest BCUT2D eigenvalue weighted by Gasteiger charge is -2.39. The molecule has 0 amide bonds. The second-order valence-electron chi connectivity index (χ2n) is 14.3. The molecule has 0 bridgehead atoms. The Kier molecular flexibility index (Phi) is 5.00. The van der Waals surface area contributed by atoms with Crippen molar-refractivity contribution in [1.82, 2.24) is 0 Å². The molecule has 8 nitrogen and oxygen atoms in total. The van der Waals surface area contributed by atoms with E-state index in [1.165, 1.54) is 12.1 Å². The number of hydrogen-bond donors (Lipinski definition) is 0. The molecule has 0 radical (unpaired) electrons. The Morgan fingerprint density at radius 3 is 1.35 bits per heavy atom. The normalized spacial score (nSPS) is 24.6. The van der Waals surface area contributed by atoms with Crippen LogP contribution in [0.2, 0.25) is 0 Å². The topological polar surface area (TPSA) is 129 Å². The fourth-order valence-electron chi connectivity index (χ4n) is 9.51. The standard InChI is InChI=1S/C40H26O8/c1-39-7-3-5-17-15-47-37(31(17)39)35(45)25-9-21-19(11-27(25)39)29(41)13-23(33(21)43)24-14-30(42)20-12-28-26(10-22(20)34(24)44)36(46)38-32-18(16-48-38)6-4-8-40(28,32)2/h9-16H,3-8H2,1-2H3/t39-,40-/m0/s1. The minimum absolute atomic E-state index is 0.00169. The monoisotopic (exact) mass is 634 g/mol. The van der Waals surface area contributed by atoms with Gasteiger partial charge in [-0.2, -0.15) is 0 Å². The fraction of sp³-hybridized carbons (Fsp3) is 0.250. The lowest BCUT2D eigenvalue weighted by molar-refractivity contribution is 0.0959. The number of carbonyl (C=O) groups is 6.